The molecule has 0 unspecified atom stereocenters. The number of nitrogens with zero attached hydrogens (tertiary/aromatic N) is 3. The van der Waals surface area contributed by atoms with Crippen molar-refractivity contribution in [2.45, 2.75) is 26.3 Å². The second-order valence-corrected chi connectivity index (χ2v) is 5.92. The van der Waals surface area contributed by atoms with Gasteiger partial charge in [0.2, 0.25) is 0 Å². The number of nitrogens with one attached hydrogen (secondary N) is 1. The van der Waals surface area contributed by atoms with E-state index in [-0.39, 0.29) is 11.5 Å². The minimum atomic E-state index is -0.784. The number of hydrogen-bond acceptors (Lipinski definition) is 7. The summed E-state index contributed by atoms with van der Waals surface area (Å²) in [4.78, 5) is 39.7. The van der Waals surface area contributed by atoms with Crippen LogP contribution in [0.15, 0.2) is 36.9 Å². The Morgan fingerprint density at radius 3 is 2.48 bits per heavy atom. The zero-order valence-electron chi connectivity index (χ0n) is 15.4. The van der Waals surface area contributed by atoms with Crippen molar-refractivity contribution in [2.24, 2.45) is 5.92 Å². The van der Waals surface area contributed by atoms with Gasteiger partial charge in [-0.05, 0) is 30.2 Å². The molecule has 9 heteroatoms. The minimum absolute atomic E-state index is 0.110. The van der Waals surface area contributed by atoms with Crippen LogP contribution in [0.2, 0.25) is 0 Å². The number of ether oxygens (including phenoxy) is 2. The van der Waals surface area contributed by atoms with Crippen molar-refractivity contribution >= 4 is 17.8 Å². The van der Waals surface area contributed by atoms with Crippen molar-refractivity contribution in [2.75, 3.05) is 13.7 Å². The lowest BCUT2D eigenvalue weighted by Crippen LogP contribution is -2.47. The molecule has 1 aromatic heterocycles. The van der Waals surface area contributed by atoms with Gasteiger partial charge in [-0.2, -0.15) is 5.10 Å². The number of hydrogen-bond donors (Lipinski definition) is 1. The molecular weight excluding hydrogens is 352 g/mol. The van der Waals surface area contributed by atoms with Gasteiger partial charge in [-0.25, -0.2) is 19.3 Å². The maximum absolute atomic E-state index is 12.1. The number of carbonyl (C=O) groups is 3. The van der Waals surface area contributed by atoms with Crippen LogP contribution in [0.3, 0.4) is 0 Å². The van der Waals surface area contributed by atoms with Crippen LogP contribution < -0.4 is 5.32 Å². The summed E-state index contributed by atoms with van der Waals surface area (Å²) in [5.74, 6) is -1.86. The molecule has 0 fully saturated rings. The lowest BCUT2D eigenvalue weighted by Gasteiger charge is -2.21. The highest BCUT2D eigenvalue weighted by Gasteiger charge is 2.27. The Kier molecular flexibility index (Phi) is 7.04. The van der Waals surface area contributed by atoms with Crippen LogP contribution in [0.25, 0.3) is 5.69 Å². The van der Waals surface area contributed by atoms with Crippen molar-refractivity contribution in [1.29, 1.82) is 0 Å². The van der Waals surface area contributed by atoms with Gasteiger partial charge in [0.1, 0.15) is 18.7 Å². The summed E-state index contributed by atoms with van der Waals surface area (Å²) in [5, 5.41) is 6.53. The zero-order chi connectivity index (χ0) is 19.8. The molecule has 0 radical (unpaired) electrons. The fourth-order valence-corrected chi connectivity index (χ4v) is 2.32. The lowest BCUT2D eigenvalue weighted by atomic mass is 9.99. The quantitative estimate of drug-likeness (QED) is 0.689. The van der Waals surface area contributed by atoms with Crippen LogP contribution in [0, 0.1) is 5.92 Å². The van der Waals surface area contributed by atoms with E-state index in [1.54, 1.807) is 28.9 Å². The summed E-state index contributed by atoms with van der Waals surface area (Å²) in [5.41, 5.74) is 1.02. The van der Waals surface area contributed by atoms with Crippen molar-refractivity contribution in [3.8, 4) is 5.69 Å². The number of esters is 2. The van der Waals surface area contributed by atoms with E-state index in [1.165, 1.54) is 19.8 Å². The predicted octanol–water partition coefficient (Wildman–Crippen LogP) is 1.13. The molecule has 27 heavy (non-hydrogen) atoms. The largest absolute Gasteiger partial charge is 0.467 e. The Labute approximate surface area is 156 Å². The number of aromatic nitrogens is 3. The molecule has 2 aromatic rings. The normalized spacial score (nSPS) is 12.7. The molecule has 2 atom stereocenters. The number of rotatable bonds is 8. The van der Waals surface area contributed by atoms with Crippen molar-refractivity contribution in [1.82, 2.24) is 20.1 Å². The van der Waals surface area contributed by atoms with E-state index in [0.717, 1.165) is 5.69 Å². The van der Waals surface area contributed by atoms with Crippen LogP contribution in [-0.2, 0) is 19.1 Å². The summed E-state index contributed by atoms with van der Waals surface area (Å²) in [6.45, 7) is 3.23. The van der Waals surface area contributed by atoms with Gasteiger partial charge in [-0.15, -0.1) is 0 Å². The first kappa shape index (κ1) is 20.1. The lowest BCUT2D eigenvalue weighted by molar-refractivity contribution is -0.147. The van der Waals surface area contributed by atoms with Crippen molar-refractivity contribution in [3.05, 3.63) is 42.5 Å². The Bertz CT molecular complexity index is 774. The van der Waals surface area contributed by atoms with Gasteiger partial charge in [-0.1, -0.05) is 20.3 Å². The molecule has 1 N–H and O–H groups in total. The van der Waals surface area contributed by atoms with E-state index in [4.69, 9.17) is 9.47 Å². The second-order valence-electron chi connectivity index (χ2n) is 5.92. The van der Waals surface area contributed by atoms with E-state index in [0.29, 0.717) is 6.42 Å². The number of methoxy groups -OCH3 is 1. The summed E-state index contributed by atoms with van der Waals surface area (Å²) in [7, 11) is 1.26. The highest BCUT2D eigenvalue weighted by molar-refractivity contribution is 5.92. The molecule has 9 nitrogen and oxygen atoms in total. The topological polar surface area (TPSA) is 112 Å². The molecule has 0 aliphatic rings. The molecule has 1 aromatic carbocycles. The van der Waals surface area contributed by atoms with Gasteiger partial charge < -0.3 is 14.8 Å². The molecule has 2 rings (SSSR count). The molecule has 1 heterocycles. The first-order valence-electron chi connectivity index (χ1n) is 8.45. The SMILES string of the molecule is CC[C@@H](C)[C@H](NC(=O)COC(=O)c1ccc(-n2cncn2)cc1)C(=O)OC. The number of carbonyl (C=O) groups excluding carboxylic acids is 3. The molecular formula is C18H22N4O5. The van der Waals surface area contributed by atoms with Crippen molar-refractivity contribution < 1.29 is 23.9 Å². The first-order chi connectivity index (χ1) is 13.0. The third kappa shape index (κ3) is 5.37. The van der Waals surface area contributed by atoms with E-state index in [2.05, 4.69) is 15.4 Å². The van der Waals surface area contributed by atoms with E-state index in [1.807, 2.05) is 13.8 Å². The van der Waals surface area contributed by atoms with Gasteiger partial charge in [-0.3, -0.25) is 4.79 Å². The highest BCUT2D eigenvalue weighted by atomic mass is 16.5. The third-order valence-electron chi connectivity index (χ3n) is 4.11. The van der Waals surface area contributed by atoms with E-state index >= 15 is 0 Å². The maximum atomic E-state index is 12.1. The summed E-state index contributed by atoms with van der Waals surface area (Å²) in [6, 6.07) is 5.71. The van der Waals surface area contributed by atoms with E-state index < -0.39 is 30.5 Å². The molecule has 0 aliphatic carbocycles. The molecule has 0 spiro atoms. The molecule has 1 amide bonds. The van der Waals surface area contributed by atoms with Crippen LogP contribution in [-0.4, -0.2) is 52.4 Å². The monoisotopic (exact) mass is 374 g/mol. The fraction of sp³-hybridized carbons (Fsp3) is 0.389. The van der Waals surface area contributed by atoms with E-state index in [9.17, 15) is 14.4 Å². The highest BCUT2D eigenvalue weighted by Crippen LogP contribution is 2.10. The average molecular weight is 374 g/mol. The Morgan fingerprint density at radius 1 is 1.22 bits per heavy atom. The van der Waals surface area contributed by atoms with Crippen molar-refractivity contribution in [3.63, 3.8) is 0 Å². The predicted molar refractivity (Wildman–Crippen MR) is 95.0 cm³/mol. The van der Waals surface area contributed by atoms with Crippen LogP contribution in [0.5, 0.6) is 0 Å². The molecule has 144 valence electrons. The van der Waals surface area contributed by atoms with Crippen LogP contribution >= 0.6 is 0 Å². The molecule has 0 saturated carbocycles. The molecule has 0 saturated heterocycles. The summed E-state index contributed by atoms with van der Waals surface area (Å²) in [6.07, 6.45) is 3.62. The number of amides is 1. The summed E-state index contributed by atoms with van der Waals surface area (Å²) >= 11 is 0. The van der Waals surface area contributed by atoms with Crippen LogP contribution in [0.4, 0.5) is 0 Å². The maximum Gasteiger partial charge on any atom is 0.338 e. The third-order valence-corrected chi connectivity index (χ3v) is 4.11. The number of benzene rings is 1. The smallest absolute Gasteiger partial charge is 0.338 e. The molecule has 0 bridgehead atoms. The van der Waals surface area contributed by atoms with Gasteiger partial charge in [0.25, 0.3) is 5.91 Å². The zero-order valence-corrected chi connectivity index (χ0v) is 15.4. The second kappa shape index (κ2) is 9.46. The summed E-state index contributed by atoms with van der Waals surface area (Å²) < 4.78 is 11.3. The minimum Gasteiger partial charge on any atom is -0.467 e. The Balaban J connectivity index is 1.90. The average Bonchev–Trinajstić information content (AvgIpc) is 3.24. The van der Waals surface area contributed by atoms with Gasteiger partial charge in [0, 0.05) is 0 Å². The Morgan fingerprint density at radius 2 is 1.93 bits per heavy atom. The molecule has 0 aliphatic heterocycles. The Hall–Kier alpha value is -3.23. The standard InChI is InChI=1S/C18H22N4O5/c1-4-12(2)16(18(25)26-3)21-15(23)9-27-17(24)13-5-7-14(8-6-13)22-11-19-10-20-22/h5-8,10-12,16H,4,9H2,1-3H3,(H,21,23)/t12-,16+/m1/s1. The first-order valence-corrected chi connectivity index (χ1v) is 8.45. The van der Waals surface area contributed by atoms with Gasteiger partial charge in [0.05, 0.1) is 18.4 Å². The van der Waals surface area contributed by atoms with Gasteiger partial charge in [0.15, 0.2) is 6.61 Å². The fourth-order valence-electron chi connectivity index (χ4n) is 2.32. The van der Waals surface area contributed by atoms with Crippen LogP contribution in [0.1, 0.15) is 30.6 Å². The van der Waals surface area contributed by atoms with Gasteiger partial charge >= 0.3 is 11.9 Å².